The predicted octanol–water partition coefficient (Wildman–Crippen LogP) is 3.38. The number of carbonyl (C=O) groups excluding carboxylic acids is 1. The summed E-state index contributed by atoms with van der Waals surface area (Å²) in [6.07, 6.45) is 0.835. The van der Waals surface area contributed by atoms with Gasteiger partial charge >= 0.3 is 0 Å². The van der Waals surface area contributed by atoms with E-state index in [4.69, 9.17) is 9.15 Å². The third kappa shape index (κ3) is 1.58. The van der Waals surface area contributed by atoms with E-state index in [0.717, 1.165) is 17.4 Å². The largest absolute Gasteiger partial charge is 0.493 e. The zero-order valence-corrected chi connectivity index (χ0v) is 9.61. The number of rotatable bonds is 3. The molecular weight excluding hydrogens is 204 g/mol. The minimum absolute atomic E-state index is 0.289. The number of methoxy groups -OCH3 is 1. The number of fused-ring (bicyclic) bond motifs is 1. The fraction of sp³-hybridized carbons (Fsp3) is 0.308. The highest BCUT2D eigenvalue weighted by Gasteiger charge is 2.14. The summed E-state index contributed by atoms with van der Waals surface area (Å²) in [6, 6.07) is 5.40. The Hall–Kier alpha value is -1.77. The molecule has 0 bridgehead atoms. The van der Waals surface area contributed by atoms with Crippen LogP contribution in [-0.2, 0) is 0 Å². The molecule has 0 radical (unpaired) electrons. The van der Waals surface area contributed by atoms with Gasteiger partial charge in [-0.15, -0.1) is 0 Å². The maximum absolute atomic E-state index is 10.9. The molecule has 84 valence electrons. The van der Waals surface area contributed by atoms with Crippen molar-refractivity contribution in [1.29, 1.82) is 0 Å². The minimum atomic E-state index is 0.289. The maximum atomic E-state index is 10.9. The molecule has 16 heavy (non-hydrogen) atoms. The number of hydrogen-bond donors (Lipinski definition) is 0. The topological polar surface area (TPSA) is 39.4 Å². The lowest BCUT2D eigenvalue weighted by Crippen LogP contribution is -1.86. The highest BCUT2D eigenvalue weighted by Crippen LogP contribution is 2.33. The fourth-order valence-electron chi connectivity index (χ4n) is 1.69. The van der Waals surface area contributed by atoms with Crippen LogP contribution in [0.4, 0.5) is 0 Å². The van der Waals surface area contributed by atoms with Crippen molar-refractivity contribution in [3.8, 4) is 5.75 Å². The standard InChI is InChI=1S/C13H14O3/c1-8(2)12-6-10-9(7-14)4-5-11(15-3)13(10)16-12/h4-8H,1-3H3. The molecular formula is C13H14O3. The van der Waals surface area contributed by atoms with Crippen molar-refractivity contribution in [2.75, 3.05) is 7.11 Å². The Kier molecular flexibility index (Phi) is 2.69. The Labute approximate surface area is 94.0 Å². The number of hydrogen-bond acceptors (Lipinski definition) is 3. The van der Waals surface area contributed by atoms with Gasteiger partial charge in [0.2, 0.25) is 0 Å². The lowest BCUT2D eigenvalue weighted by atomic mass is 10.1. The number of carbonyl (C=O) groups is 1. The Bertz CT molecular complexity index is 523. The van der Waals surface area contributed by atoms with Gasteiger partial charge in [0.1, 0.15) is 5.76 Å². The van der Waals surface area contributed by atoms with Crippen molar-refractivity contribution >= 4 is 17.3 Å². The smallest absolute Gasteiger partial charge is 0.176 e. The maximum Gasteiger partial charge on any atom is 0.176 e. The molecule has 3 heteroatoms. The lowest BCUT2D eigenvalue weighted by Gasteiger charge is -2.01. The second kappa shape index (κ2) is 4.00. The summed E-state index contributed by atoms with van der Waals surface area (Å²) < 4.78 is 10.9. The Morgan fingerprint density at radius 1 is 1.38 bits per heavy atom. The molecule has 0 aliphatic carbocycles. The van der Waals surface area contributed by atoms with Gasteiger partial charge in [-0.3, -0.25) is 4.79 Å². The van der Waals surface area contributed by atoms with Gasteiger partial charge in [-0.2, -0.15) is 0 Å². The molecule has 1 heterocycles. The SMILES string of the molecule is COc1ccc(C=O)c2cc(C(C)C)oc12. The van der Waals surface area contributed by atoms with Gasteiger partial charge in [-0.1, -0.05) is 13.8 Å². The molecule has 0 atom stereocenters. The molecule has 0 aliphatic rings. The van der Waals surface area contributed by atoms with Gasteiger partial charge in [0.25, 0.3) is 0 Å². The van der Waals surface area contributed by atoms with E-state index < -0.39 is 0 Å². The number of benzene rings is 1. The van der Waals surface area contributed by atoms with Crippen molar-refractivity contribution in [2.24, 2.45) is 0 Å². The van der Waals surface area contributed by atoms with Gasteiger partial charge in [0.15, 0.2) is 17.6 Å². The summed E-state index contributed by atoms with van der Waals surface area (Å²) in [4.78, 5) is 10.9. The minimum Gasteiger partial charge on any atom is -0.493 e. The molecule has 0 amide bonds. The fourth-order valence-corrected chi connectivity index (χ4v) is 1.69. The summed E-state index contributed by atoms with van der Waals surface area (Å²) in [6.45, 7) is 4.09. The summed E-state index contributed by atoms with van der Waals surface area (Å²) in [5.41, 5.74) is 1.28. The average molecular weight is 218 g/mol. The van der Waals surface area contributed by atoms with E-state index in [1.165, 1.54) is 0 Å². The van der Waals surface area contributed by atoms with Gasteiger partial charge in [-0.25, -0.2) is 0 Å². The molecule has 0 N–H and O–H groups in total. The molecule has 3 nitrogen and oxygen atoms in total. The third-order valence-corrected chi connectivity index (χ3v) is 2.62. The van der Waals surface area contributed by atoms with Crippen LogP contribution in [-0.4, -0.2) is 13.4 Å². The number of aldehydes is 1. The van der Waals surface area contributed by atoms with Crippen LogP contribution in [0.2, 0.25) is 0 Å². The molecule has 0 saturated carbocycles. The predicted molar refractivity (Wildman–Crippen MR) is 62.2 cm³/mol. The van der Waals surface area contributed by atoms with Crippen LogP contribution in [0.25, 0.3) is 11.0 Å². The second-order valence-corrected chi connectivity index (χ2v) is 4.02. The van der Waals surface area contributed by atoms with Gasteiger partial charge in [0.05, 0.1) is 7.11 Å². The molecule has 0 fully saturated rings. The highest BCUT2D eigenvalue weighted by atomic mass is 16.5. The van der Waals surface area contributed by atoms with Crippen molar-refractivity contribution < 1.29 is 13.9 Å². The summed E-state index contributed by atoms with van der Waals surface area (Å²) in [7, 11) is 1.59. The quantitative estimate of drug-likeness (QED) is 0.741. The molecule has 2 aromatic rings. The molecule has 1 aromatic heterocycles. The van der Waals surface area contributed by atoms with Gasteiger partial charge in [-0.05, 0) is 18.2 Å². The Balaban J connectivity index is 2.75. The Morgan fingerprint density at radius 2 is 2.12 bits per heavy atom. The van der Waals surface area contributed by atoms with Gasteiger partial charge in [0, 0.05) is 16.9 Å². The van der Waals surface area contributed by atoms with E-state index in [2.05, 4.69) is 0 Å². The van der Waals surface area contributed by atoms with E-state index in [9.17, 15) is 4.79 Å². The summed E-state index contributed by atoms with van der Waals surface area (Å²) >= 11 is 0. The highest BCUT2D eigenvalue weighted by molar-refractivity contribution is 5.98. The molecule has 0 unspecified atom stereocenters. The van der Waals surface area contributed by atoms with E-state index in [1.807, 2.05) is 19.9 Å². The van der Waals surface area contributed by atoms with Crippen LogP contribution in [0.1, 0.15) is 35.9 Å². The van der Waals surface area contributed by atoms with Crippen molar-refractivity contribution in [3.63, 3.8) is 0 Å². The van der Waals surface area contributed by atoms with Crippen LogP contribution in [0.15, 0.2) is 22.6 Å². The number of ether oxygens (including phenoxy) is 1. The first-order chi connectivity index (χ1) is 7.67. The molecule has 0 aliphatic heterocycles. The first-order valence-electron chi connectivity index (χ1n) is 5.23. The van der Waals surface area contributed by atoms with Gasteiger partial charge < -0.3 is 9.15 Å². The van der Waals surface area contributed by atoms with Crippen LogP contribution in [0.5, 0.6) is 5.75 Å². The van der Waals surface area contributed by atoms with Crippen LogP contribution in [0.3, 0.4) is 0 Å². The normalized spacial score (nSPS) is 11.0. The van der Waals surface area contributed by atoms with E-state index in [0.29, 0.717) is 16.9 Å². The zero-order chi connectivity index (χ0) is 11.7. The van der Waals surface area contributed by atoms with Crippen LogP contribution < -0.4 is 4.74 Å². The molecule has 0 spiro atoms. The molecule has 1 aromatic carbocycles. The van der Waals surface area contributed by atoms with Crippen molar-refractivity contribution in [3.05, 3.63) is 29.5 Å². The second-order valence-electron chi connectivity index (χ2n) is 4.02. The first-order valence-corrected chi connectivity index (χ1v) is 5.23. The third-order valence-electron chi connectivity index (χ3n) is 2.62. The van der Waals surface area contributed by atoms with Crippen molar-refractivity contribution in [2.45, 2.75) is 19.8 Å². The molecule has 0 saturated heterocycles. The Morgan fingerprint density at radius 3 is 2.69 bits per heavy atom. The molecule has 2 rings (SSSR count). The van der Waals surface area contributed by atoms with E-state index in [-0.39, 0.29) is 5.92 Å². The first kappa shape index (κ1) is 10.7. The number of furan rings is 1. The average Bonchev–Trinajstić information content (AvgIpc) is 2.72. The van der Waals surface area contributed by atoms with Crippen molar-refractivity contribution in [1.82, 2.24) is 0 Å². The lowest BCUT2D eigenvalue weighted by molar-refractivity contribution is 0.112. The monoisotopic (exact) mass is 218 g/mol. The zero-order valence-electron chi connectivity index (χ0n) is 9.61. The summed E-state index contributed by atoms with van der Waals surface area (Å²) in [5, 5.41) is 0.818. The van der Waals surface area contributed by atoms with E-state index in [1.54, 1.807) is 19.2 Å². The van der Waals surface area contributed by atoms with E-state index >= 15 is 0 Å². The summed E-state index contributed by atoms with van der Waals surface area (Å²) in [5.74, 6) is 1.81. The van der Waals surface area contributed by atoms with Crippen LogP contribution in [0, 0.1) is 0 Å². The van der Waals surface area contributed by atoms with Crippen LogP contribution >= 0.6 is 0 Å².